The van der Waals surface area contributed by atoms with Gasteiger partial charge in [-0.05, 0) is 53.1 Å². The van der Waals surface area contributed by atoms with Crippen molar-refractivity contribution in [3.63, 3.8) is 0 Å². The maximum Gasteiger partial charge on any atom is 0.190 e. The van der Waals surface area contributed by atoms with E-state index in [-0.39, 0.29) is 36.0 Å². The maximum absolute atomic E-state index is 9.27. The van der Waals surface area contributed by atoms with Gasteiger partial charge in [0.05, 0.1) is 6.61 Å². The molecule has 1 fully saturated rings. The van der Waals surface area contributed by atoms with Gasteiger partial charge in [-0.2, -0.15) is 0 Å². The van der Waals surface area contributed by atoms with Crippen molar-refractivity contribution < 1.29 is 9.84 Å². The summed E-state index contributed by atoms with van der Waals surface area (Å²) in [6, 6.07) is 0.605. The topological polar surface area (TPSA) is 69.1 Å². The van der Waals surface area contributed by atoms with Crippen molar-refractivity contribution in [3.8, 4) is 0 Å². The Morgan fingerprint density at radius 2 is 2.08 bits per heavy atom. The van der Waals surface area contributed by atoms with Gasteiger partial charge in [0.15, 0.2) is 5.96 Å². The highest BCUT2D eigenvalue weighted by Gasteiger charge is 2.34. The standard InChI is InChI=1S/C17H36N4O2.HI/c1-15(2)21(4)10-6-5-9-19-16(18-3)20-13-17(7-11-22)8-12-23-14-17;/h15,22H,5-14H2,1-4H3,(H2,18,19,20);1H. The van der Waals surface area contributed by atoms with E-state index in [0.29, 0.717) is 6.04 Å². The van der Waals surface area contributed by atoms with Gasteiger partial charge >= 0.3 is 0 Å². The Morgan fingerprint density at radius 1 is 1.33 bits per heavy atom. The number of halogens is 1. The third-order valence-electron chi connectivity index (χ3n) is 4.79. The molecule has 3 N–H and O–H groups in total. The highest BCUT2D eigenvalue weighted by atomic mass is 127. The van der Waals surface area contributed by atoms with Gasteiger partial charge in [0, 0.05) is 44.8 Å². The first kappa shape index (κ1) is 23.9. The van der Waals surface area contributed by atoms with E-state index < -0.39 is 0 Å². The molecule has 0 bridgehead atoms. The highest BCUT2D eigenvalue weighted by Crippen LogP contribution is 2.31. The molecule has 0 amide bonds. The van der Waals surface area contributed by atoms with Crippen LogP contribution in [0.3, 0.4) is 0 Å². The third-order valence-corrected chi connectivity index (χ3v) is 4.79. The van der Waals surface area contributed by atoms with Gasteiger partial charge in [0.1, 0.15) is 0 Å². The minimum atomic E-state index is 0. The van der Waals surface area contributed by atoms with E-state index in [4.69, 9.17) is 4.74 Å². The van der Waals surface area contributed by atoms with E-state index in [2.05, 4.69) is 41.4 Å². The van der Waals surface area contributed by atoms with Crippen LogP contribution >= 0.6 is 24.0 Å². The molecule has 0 saturated carbocycles. The Bertz CT molecular complexity index is 347. The molecule has 0 spiro atoms. The number of hydrogen-bond donors (Lipinski definition) is 3. The Labute approximate surface area is 164 Å². The summed E-state index contributed by atoms with van der Waals surface area (Å²) in [6.45, 7) is 9.01. The fourth-order valence-corrected chi connectivity index (χ4v) is 2.75. The molecule has 0 aromatic carbocycles. The second-order valence-electron chi connectivity index (χ2n) is 6.91. The summed E-state index contributed by atoms with van der Waals surface area (Å²) in [5.41, 5.74) is 0.0480. The molecule has 1 saturated heterocycles. The number of hydrogen-bond acceptors (Lipinski definition) is 4. The molecule has 1 rings (SSSR count). The summed E-state index contributed by atoms with van der Waals surface area (Å²) in [4.78, 5) is 6.65. The van der Waals surface area contributed by atoms with E-state index in [9.17, 15) is 5.11 Å². The molecule has 1 aliphatic rings. The lowest BCUT2D eigenvalue weighted by molar-refractivity contribution is 0.127. The minimum Gasteiger partial charge on any atom is -0.396 e. The average Bonchev–Trinajstić information content (AvgIpc) is 2.98. The van der Waals surface area contributed by atoms with Crippen LogP contribution in [0.5, 0.6) is 0 Å². The number of unbranched alkanes of at least 4 members (excludes halogenated alkanes) is 1. The van der Waals surface area contributed by atoms with E-state index in [1.165, 1.54) is 6.42 Å². The fourth-order valence-electron chi connectivity index (χ4n) is 2.75. The zero-order valence-corrected chi connectivity index (χ0v) is 18.1. The third kappa shape index (κ3) is 8.82. The lowest BCUT2D eigenvalue weighted by atomic mass is 9.84. The number of guanidine groups is 1. The molecular weight excluding hydrogens is 419 g/mol. The Balaban J connectivity index is 0.00000529. The van der Waals surface area contributed by atoms with Crippen LogP contribution in [0, 0.1) is 5.41 Å². The Kier molecular flexibility index (Phi) is 13.1. The molecule has 1 aliphatic heterocycles. The molecule has 0 radical (unpaired) electrons. The first-order valence-electron chi connectivity index (χ1n) is 8.86. The van der Waals surface area contributed by atoms with E-state index >= 15 is 0 Å². The van der Waals surface area contributed by atoms with Crippen LogP contribution in [-0.2, 0) is 4.74 Å². The van der Waals surface area contributed by atoms with Gasteiger partial charge in [0.2, 0.25) is 0 Å². The van der Waals surface area contributed by atoms with Crippen LogP contribution < -0.4 is 10.6 Å². The number of nitrogens with zero attached hydrogens (tertiary/aromatic N) is 2. The predicted molar refractivity (Wildman–Crippen MR) is 111 cm³/mol. The zero-order valence-electron chi connectivity index (χ0n) is 15.8. The van der Waals surface area contributed by atoms with Crippen LogP contribution in [0.15, 0.2) is 4.99 Å². The molecule has 1 unspecified atom stereocenters. The van der Waals surface area contributed by atoms with Gasteiger partial charge in [0.25, 0.3) is 0 Å². The number of aliphatic hydroxyl groups excluding tert-OH is 1. The summed E-state index contributed by atoms with van der Waals surface area (Å²) < 4.78 is 5.52. The molecule has 0 aromatic heterocycles. The van der Waals surface area contributed by atoms with E-state index in [1.807, 2.05) is 0 Å². The quantitative estimate of drug-likeness (QED) is 0.202. The zero-order chi connectivity index (χ0) is 17.1. The van der Waals surface area contributed by atoms with Crippen molar-refractivity contribution in [2.75, 3.05) is 53.6 Å². The summed E-state index contributed by atoms with van der Waals surface area (Å²) in [5.74, 6) is 0.839. The largest absolute Gasteiger partial charge is 0.396 e. The molecule has 7 heteroatoms. The molecule has 0 aromatic rings. The molecule has 24 heavy (non-hydrogen) atoms. The van der Waals surface area contributed by atoms with Gasteiger partial charge in [-0.15, -0.1) is 24.0 Å². The van der Waals surface area contributed by atoms with E-state index in [0.717, 1.165) is 58.1 Å². The number of rotatable bonds is 10. The molecule has 1 atom stereocenters. The van der Waals surface area contributed by atoms with Crippen LogP contribution in [0.25, 0.3) is 0 Å². The lowest BCUT2D eigenvalue weighted by Crippen LogP contribution is -2.44. The number of ether oxygens (including phenoxy) is 1. The van der Waals surface area contributed by atoms with Crippen LogP contribution in [-0.4, -0.2) is 75.6 Å². The average molecular weight is 456 g/mol. The van der Waals surface area contributed by atoms with Gasteiger partial charge in [-0.1, -0.05) is 0 Å². The molecule has 1 heterocycles. The van der Waals surface area contributed by atoms with Crippen molar-refractivity contribution in [2.24, 2.45) is 10.4 Å². The molecular formula is C17H37IN4O2. The Morgan fingerprint density at radius 3 is 2.62 bits per heavy atom. The summed E-state index contributed by atoms with van der Waals surface area (Å²) in [6.07, 6.45) is 4.08. The van der Waals surface area contributed by atoms with Crippen molar-refractivity contribution in [3.05, 3.63) is 0 Å². The SMILES string of the molecule is CN=C(NCCCCN(C)C(C)C)NCC1(CCO)CCOC1.I. The maximum atomic E-state index is 9.27. The fraction of sp³-hybridized carbons (Fsp3) is 0.941. The number of nitrogens with one attached hydrogen (secondary N) is 2. The minimum absolute atomic E-state index is 0. The monoisotopic (exact) mass is 456 g/mol. The second kappa shape index (κ2) is 13.1. The van der Waals surface area contributed by atoms with Gasteiger partial charge in [-0.3, -0.25) is 4.99 Å². The predicted octanol–water partition coefficient (Wildman–Crippen LogP) is 1.68. The smallest absolute Gasteiger partial charge is 0.190 e. The van der Waals surface area contributed by atoms with Crippen molar-refractivity contribution in [1.29, 1.82) is 0 Å². The van der Waals surface area contributed by atoms with Crippen LogP contribution in [0.1, 0.15) is 39.5 Å². The normalized spacial score (nSPS) is 21.2. The van der Waals surface area contributed by atoms with Gasteiger partial charge in [-0.25, -0.2) is 0 Å². The first-order valence-corrected chi connectivity index (χ1v) is 8.86. The highest BCUT2D eigenvalue weighted by molar-refractivity contribution is 14.0. The molecule has 0 aliphatic carbocycles. The lowest BCUT2D eigenvalue weighted by Gasteiger charge is -2.27. The van der Waals surface area contributed by atoms with Gasteiger partial charge < -0.3 is 25.4 Å². The van der Waals surface area contributed by atoms with Crippen LogP contribution in [0.2, 0.25) is 0 Å². The molecule has 6 nitrogen and oxygen atoms in total. The summed E-state index contributed by atoms with van der Waals surface area (Å²) >= 11 is 0. The number of aliphatic hydroxyl groups is 1. The first-order chi connectivity index (χ1) is 11.0. The van der Waals surface area contributed by atoms with Crippen molar-refractivity contribution in [1.82, 2.24) is 15.5 Å². The number of aliphatic imine (C=N–C) groups is 1. The van der Waals surface area contributed by atoms with Crippen molar-refractivity contribution >= 4 is 29.9 Å². The van der Waals surface area contributed by atoms with Crippen molar-refractivity contribution in [2.45, 2.75) is 45.6 Å². The van der Waals surface area contributed by atoms with E-state index in [1.54, 1.807) is 7.05 Å². The molecule has 144 valence electrons. The summed E-state index contributed by atoms with van der Waals surface area (Å²) in [7, 11) is 3.97. The summed E-state index contributed by atoms with van der Waals surface area (Å²) in [5, 5.41) is 16.0. The second-order valence-corrected chi connectivity index (χ2v) is 6.91. The van der Waals surface area contributed by atoms with Crippen LogP contribution in [0.4, 0.5) is 0 Å². The Hall–Kier alpha value is -0.120.